The summed E-state index contributed by atoms with van der Waals surface area (Å²) >= 11 is 0. The number of carbonyl (C=O) groups excluding carboxylic acids is 1. The second-order valence-corrected chi connectivity index (χ2v) is 4.02. The lowest BCUT2D eigenvalue weighted by molar-refractivity contribution is 0.0944. The third-order valence-corrected chi connectivity index (χ3v) is 2.55. The summed E-state index contributed by atoms with van der Waals surface area (Å²) in [6.07, 6.45) is 1.59. The van der Waals surface area contributed by atoms with E-state index in [-0.39, 0.29) is 23.8 Å². The van der Waals surface area contributed by atoms with Crippen LogP contribution in [-0.4, -0.2) is 16.0 Å². The Kier molecular flexibility index (Phi) is 3.32. The number of hydrogen-bond donors (Lipinski definition) is 2. The van der Waals surface area contributed by atoms with Gasteiger partial charge in [-0.25, -0.2) is 4.98 Å². The Bertz CT molecular complexity index is 575. The monoisotopic (exact) mass is 246 g/mol. The van der Waals surface area contributed by atoms with Gasteiger partial charge in [-0.05, 0) is 25.5 Å². The van der Waals surface area contributed by atoms with Gasteiger partial charge in [0.25, 0.3) is 5.91 Å². The molecule has 0 aliphatic rings. The van der Waals surface area contributed by atoms with E-state index >= 15 is 0 Å². The minimum absolute atomic E-state index is 0.00131. The quantitative estimate of drug-likeness (QED) is 0.867. The van der Waals surface area contributed by atoms with E-state index in [1.54, 1.807) is 38.2 Å². The molecule has 0 spiro atoms. The van der Waals surface area contributed by atoms with Gasteiger partial charge in [-0.1, -0.05) is 12.1 Å². The van der Waals surface area contributed by atoms with Gasteiger partial charge < -0.3 is 14.8 Å². The van der Waals surface area contributed by atoms with Crippen LogP contribution in [0.4, 0.5) is 0 Å². The minimum atomic E-state index is -0.355. The Morgan fingerprint density at radius 3 is 2.89 bits per heavy atom. The number of rotatable bonds is 3. The number of phenolic OH excluding ortho intramolecular Hbond substituents is 1. The lowest BCUT2D eigenvalue weighted by Crippen LogP contribution is -2.23. The van der Waals surface area contributed by atoms with Crippen molar-refractivity contribution < 1.29 is 14.3 Å². The van der Waals surface area contributed by atoms with E-state index in [9.17, 15) is 9.90 Å². The summed E-state index contributed by atoms with van der Waals surface area (Å²) in [6.45, 7) is 3.72. The lowest BCUT2D eigenvalue weighted by atomic mass is 10.1. The van der Waals surface area contributed by atoms with Crippen molar-refractivity contribution in [3.63, 3.8) is 0 Å². The van der Waals surface area contributed by atoms with E-state index < -0.39 is 0 Å². The molecule has 0 aliphatic carbocycles. The van der Waals surface area contributed by atoms with Crippen LogP contribution in [0.2, 0.25) is 0 Å². The molecule has 18 heavy (non-hydrogen) atoms. The highest BCUT2D eigenvalue weighted by atomic mass is 16.4. The maximum absolute atomic E-state index is 11.9. The maximum Gasteiger partial charge on any atom is 0.255 e. The molecule has 1 amide bonds. The van der Waals surface area contributed by atoms with Gasteiger partial charge in [0, 0.05) is 0 Å². The minimum Gasteiger partial charge on any atom is -0.507 e. The van der Waals surface area contributed by atoms with Crippen molar-refractivity contribution in [3.8, 4) is 5.75 Å². The van der Waals surface area contributed by atoms with Crippen molar-refractivity contribution in [3.05, 3.63) is 47.2 Å². The van der Waals surface area contributed by atoms with E-state index in [2.05, 4.69) is 10.3 Å². The molecule has 5 nitrogen and oxygen atoms in total. The summed E-state index contributed by atoms with van der Waals surface area (Å²) in [5, 5.41) is 12.4. The van der Waals surface area contributed by atoms with Gasteiger partial charge in [-0.2, -0.15) is 0 Å². The average Bonchev–Trinajstić information content (AvgIpc) is 2.76. The zero-order valence-electron chi connectivity index (χ0n) is 10.2. The largest absolute Gasteiger partial charge is 0.507 e. The molecule has 0 bridgehead atoms. The van der Waals surface area contributed by atoms with Gasteiger partial charge in [0.1, 0.15) is 11.5 Å². The number of nitrogens with zero attached hydrogens (tertiary/aromatic N) is 1. The van der Waals surface area contributed by atoms with Crippen LogP contribution in [0.15, 0.2) is 28.8 Å². The third-order valence-electron chi connectivity index (χ3n) is 2.55. The number of aromatic nitrogens is 1. The van der Waals surface area contributed by atoms with Crippen LogP contribution in [-0.2, 0) is 6.54 Å². The molecule has 0 saturated heterocycles. The Morgan fingerprint density at radius 1 is 1.44 bits per heavy atom. The van der Waals surface area contributed by atoms with E-state index in [0.717, 1.165) is 0 Å². The second-order valence-electron chi connectivity index (χ2n) is 4.02. The van der Waals surface area contributed by atoms with E-state index in [0.29, 0.717) is 17.2 Å². The molecule has 0 unspecified atom stereocenters. The first-order valence-electron chi connectivity index (χ1n) is 5.56. The Hall–Kier alpha value is -2.30. The van der Waals surface area contributed by atoms with Gasteiger partial charge in [0.15, 0.2) is 0 Å². The highest BCUT2D eigenvalue weighted by molar-refractivity contribution is 5.97. The highest BCUT2D eigenvalue weighted by Gasteiger charge is 2.12. The van der Waals surface area contributed by atoms with Gasteiger partial charge in [0.05, 0.1) is 18.3 Å². The first kappa shape index (κ1) is 12.2. The maximum atomic E-state index is 11.9. The number of para-hydroxylation sites is 1. The predicted octanol–water partition coefficient (Wildman–Crippen LogP) is 1.93. The summed E-state index contributed by atoms with van der Waals surface area (Å²) in [5.41, 5.74) is 0.910. The summed E-state index contributed by atoms with van der Waals surface area (Å²) in [6, 6.07) is 5.03. The zero-order valence-corrected chi connectivity index (χ0v) is 10.2. The number of hydrogen-bond acceptors (Lipinski definition) is 4. The molecular weight excluding hydrogens is 232 g/mol. The molecule has 1 aromatic heterocycles. The van der Waals surface area contributed by atoms with Crippen molar-refractivity contribution in [2.45, 2.75) is 20.4 Å². The van der Waals surface area contributed by atoms with Crippen LogP contribution in [0, 0.1) is 13.8 Å². The van der Waals surface area contributed by atoms with Crippen LogP contribution in [0.5, 0.6) is 5.75 Å². The van der Waals surface area contributed by atoms with Gasteiger partial charge >= 0.3 is 0 Å². The first-order chi connectivity index (χ1) is 8.58. The van der Waals surface area contributed by atoms with Crippen molar-refractivity contribution in [1.82, 2.24) is 10.3 Å². The van der Waals surface area contributed by atoms with Crippen LogP contribution >= 0.6 is 0 Å². The average molecular weight is 246 g/mol. The van der Waals surface area contributed by atoms with Crippen molar-refractivity contribution >= 4 is 5.91 Å². The van der Waals surface area contributed by atoms with Crippen LogP contribution in [0.25, 0.3) is 0 Å². The molecule has 94 valence electrons. The number of oxazole rings is 1. The number of aromatic hydroxyl groups is 1. The number of aryl methyl sites for hydroxylation is 2. The fourth-order valence-corrected chi connectivity index (χ4v) is 1.58. The highest BCUT2D eigenvalue weighted by Crippen LogP contribution is 2.21. The predicted molar refractivity (Wildman–Crippen MR) is 65.3 cm³/mol. The Morgan fingerprint density at radius 2 is 2.22 bits per heavy atom. The molecule has 0 atom stereocenters. The van der Waals surface area contributed by atoms with E-state index in [1.807, 2.05) is 0 Å². The molecule has 0 aliphatic heterocycles. The summed E-state index contributed by atoms with van der Waals surface area (Å²) in [5.74, 6) is 0.774. The topological polar surface area (TPSA) is 75.4 Å². The number of nitrogens with one attached hydrogen (secondary N) is 1. The lowest BCUT2D eigenvalue weighted by Gasteiger charge is -2.06. The molecule has 5 heteroatoms. The normalized spacial score (nSPS) is 10.3. The van der Waals surface area contributed by atoms with Gasteiger partial charge in [-0.3, -0.25) is 4.79 Å². The summed E-state index contributed by atoms with van der Waals surface area (Å²) in [7, 11) is 0. The summed E-state index contributed by atoms with van der Waals surface area (Å²) < 4.78 is 5.24. The molecule has 1 aromatic carbocycles. The molecule has 0 fully saturated rings. The van der Waals surface area contributed by atoms with E-state index in [1.165, 1.54) is 0 Å². The Balaban J connectivity index is 2.06. The SMILES string of the molecule is Cc1cnc(CNC(=O)c2cccc(C)c2O)o1. The fraction of sp³-hybridized carbons (Fsp3) is 0.231. The smallest absolute Gasteiger partial charge is 0.255 e. The Labute approximate surface area is 104 Å². The van der Waals surface area contributed by atoms with Gasteiger partial charge in [-0.15, -0.1) is 0 Å². The zero-order chi connectivity index (χ0) is 13.1. The molecule has 2 rings (SSSR count). The molecule has 2 N–H and O–H groups in total. The third kappa shape index (κ3) is 2.51. The van der Waals surface area contributed by atoms with Crippen molar-refractivity contribution in [2.24, 2.45) is 0 Å². The molecular formula is C13H14N2O3. The number of phenols is 1. The van der Waals surface area contributed by atoms with Crippen molar-refractivity contribution in [2.75, 3.05) is 0 Å². The number of amides is 1. The van der Waals surface area contributed by atoms with Crippen LogP contribution < -0.4 is 5.32 Å². The van der Waals surface area contributed by atoms with Gasteiger partial charge in [0.2, 0.25) is 5.89 Å². The molecule has 0 saturated carbocycles. The van der Waals surface area contributed by atoms with Crippen LogP contribution in [0.3, 0.4) is 0 Å². The fourth-order valence-electron chi connectivity index (χ4n) is 1.58. The summed E-state index contributed by atoms with van der Waals surface area (Å²) in [4.78, 5) is 15.8. The van der Waals surface area contributed by atoms with Crippen LogP contribution in [0.1, 0.15) is 27.6 Å². The number of benzene rings is 1. The van der Waals surface area contributed by atoms with E-state index in [4.69, 9.17) is 4.42 Å². The molecule has 1 heterocycles. The molecule has 2 aromatic rings. The molecule has 0 radical (unpaired) electrons. The first-order valence-corrected chi connectivity index (χ1v) is 5.56. The standard InChI is InChI=1S/C13H14N2O3/c1-8-4-3-5-10(12(8)16)13(17)15-7-11-14-6-9(2)18-11/h3-6,16H,7H2,1-2H3,(H,15,17). The van der Waals surface area contributed by atoms with Crippen molar-refractivity contribution in [1.29, 1.82) is 0 Å². The number of carbonyl (C=O) groups is 1. The second kappa shape index (κ2) is 4.91.